The number of carbonyl (C=O) groups is 2. The minimum Gasteiger partial charge on any atom is -0.452 e. The lowest BCUT2D eigenvalue weighted by molar-refractivity contribution is -0.135. The minimum atomic E-state index is -0.597. The van der Waals surface area contributed by atoms with Gasteiger partial charge in [-0.15, -0.1) is 0 Å². The van der Waals surface area contributed by atoms with Gasteiger partial charge in [0.2, 0.25) is 0 Å². The molecule has 5 aromatic rings. The largest absolute Gasteiger partial charge is 0.452 e. The van der Waals surface area contributed by atoms with Gasteiger partial charge in [0, 0.05) is 24.8 Å². The Kier molecular flexibility index (Phi) is 7.93. The Bertz CT molecular complexity index is 1490. The molecule has 0 saturated heterocycles. The Hall–Kier alpha value is -4.97. The number of benzene rings is 4. The van der Waals surface area contributed by atoms with Gasteiger partial charge in [-0.05, 0) is 30.2 Å². The van der Waals surface area contributed by atoms with Gasteiger partial charge in [0.05, 0.1) is 5.69 Å². The van der Waals surface area contributed by atoms with Crippen molar-refractivity contribution in [3.63, 3.8) is 0 Å². The molecule has 0 aliphatic heterocycles. The van der Waals surface area contributed by atoms with Crippen molar-refractivity contribution in [1.82, 2.24) is 14.7 Å². The summed E-state index contributed by atoms with van der Waals surface area (Å²) in [5.41, 5.74) is 5.52. The van der Waals surface area contributed by atoms with Crippen LogP contribution in [0.3, 0.4) is 0 Å². The zero-order chi connectivity index (χ0) is 27.0. The van der Waals surface area contributed by atoms with Crippen LogP contribution in [-0.2, 0) is 22.6 Å². The van der Waals surface area contributed by atoms with Crippen LogP contribution in [0.1, 0.15) is 27.0 Å². The fourth-order valence-corrected chi connectivity index (χ4v) is 4.30. The number of aryl methyl sites for hydroxylation is 1. The van der Waals surface area contributed by atoms with E-state index < -0.39 is 5.97 Å². The van der Waals surface area contributed by atoms with Crippen LogP contribution in [0.2, 0.25) is 0 Å². The molecule has 0 radical (unpaired) electrons. The van der Waals surface area contributed by atoms with E-state index >= 15 is 0 Å². The van der Waals surface area contributed by atoms with Crippen molar-refractivity contribution >= 4 is 11.9 Å². The van der Waals surface area contributed by atoms with Crippen molar-refractivity contribution < 1.29 is 14.3 Å². The maximum Gasteiger partial charge on any atom is 0.342 e. The summed E-state index contributed by atoms with van der Waals surface area (Å²) in [5, 5.41) is 4.70. The third-order valence-corrected chi connectivity index (χ3v) is 6.39. The standard InChI is InChI=1S/C33H29N3O3/c1-25-17-19-28(20-18-25)32-30(23-36(34-32)29-15-9-4-10-16-29)33(38)39-24-31(37)35(21-26-11-5-2-6-12-26)22-27-13-7-3-8-14-27/h2-20,23H,21-22,24H2,1H3. The number of carbonyl (C=O) groups excluding carboxylic acids is 2. The summed E-state index contributed by atoms with van der Waals surface area (Å²) in [4.78, 5) is 28.4. The van der Waals surface area contributed by atoms with E-state index in [-0.39, 0.29) is 12.5 Å². The number of para-hydroxylation sites is 1. The van der Waals surface area contributed by atoms with Crippen LogP contribution in [0.15, 0.2) is 121 Å². The highest BCUT2D eigenvalue weighted by atomic mass is 16.5. The molecular weight excluding hydrogens is 486 g/mol. The number of hydrogen-bond acceptors (Lipinski definition) is 4. The molecule has 5 rings (SSSR count). The number of ether oxygens (including phenoxy) is 1. The van der Waals surface area contributed by atoms with E-state index in [0.29, 0.717) is 24.3 Å². The van der Waals surface area contributed by atoms with Crippen molar-refractivity contribution in [3.05, 3.63) is 144 Å². The van der Waals surface area contributed by atoms with Gasteiger partial charge in [-0.1, -0.05) is 109 Å². The van der Waals surface area contributed by atoms with E-state index in [9.17, 15) is 9.59 Å². The van der Waals surface area contributed by atoms with Crippen LogP contribution >= 0.6 is 0 Å². The summed E-state index contributed by atoms with van der Waals surface area (Å²) in [5.74, 6) is -0.871. The fraction of sp³-hybridized carbons (Fsp3) is 0.121. The maximum absolute atomic E-state index is 13.3. The summed E-state index contributed by atoms with van der Waals surface area (Å²) >= 11 is 0. The number of esters is 1. The number of aromatic nitrogens is 2. The molecule has 0 atom stereocenters. The summed E-state index contributed by atoms with van der Waals surface area (Å²) in [6, 6.07) is 36.9. The molecule has 194 valence electrons. The molecule has 1 amide bonds. The molecule has 0 bridgehead atoms. The molecule has 0 spiro atoms. The molecule has 1 heterocycles. The molecule has 0 saturated carbocycles. The average Bonchev–Trinajstić information content (AvgIpc) is 3.43. The summed E-state index contributed by atoms with van der Waals surface area (Å²) in [6.45, 7) is 2.45. The average molecular weight is 516 g/mol. The van der Waals surface area contributed by atoms with Crippen LogP contribution in [0, 0.1) is 6.92 Å². The predicted octanol–water partition coefficient (Wildman–Crippen LogP) is 6.23. The van der Waals surface area contributed by atoms with E-state index in [2.05, 4.69) is 0 Å². The normalized spacial score (nSPS) is 10.7. The Balaban J connectivity index is 1.37. The molecule has 6 heteroatoms. The molecule has 6 nitrogen and oxygen atoms in total. The third kappa shape index (κ3) is 6.48. The second kappa shape index (κ2) is 12.0. The minimum absolute atomic E-state index is 0.275. The van der Waals surface area contributed by atoms with Crippen LogP contribution in [0.4, 0.5) is 0 Å². The van der Waals surface area contributed by atoms with Gasteiger partial charge in [-0.2, -0.15) is 5.10 Å². The first-order valence-corrected chi connectivity index (χ1v) is 12.8. The van der Waals surface area contributed by atoms with Crippen LogP contribution in [0.5, 0.6) is 0 Å². The molecule has 39 heavy (non-hydrogen) atoms. The number of amides is 1. The van der Waals surface area contributed by atoms with Gasteiger partial charge in [0.15, 0.2) is 6.61 Å². The molecule has 1 aromatic heterocycles. The predicted molar refractivity (Wildman–Crippen MR) is 151 cm³/mol. The first kappa shape index (κ1) is 25.7. The molecule has 0 aliphatic rings. The summed E-state index contributed by atoms with van der Waals surface area (Å²) in [7, 11) is 0. The van der Waals surface area contributed by atoms with Gasteiger partial charge >= 0.3 is 5.97 Å². The summed E-state index contributed by atoms with van der Waals surface area (Å²) < 4.78 is 7.26. The molecule has 0 aliphatic carbocycles. The van der Waals surface area contributed by atoms with E-state index in [4.69, 9.17) is 9.84 Å². The van der Waals surface area contributed by atoms with Gasteiger partial charge in [-0.3, -0.25) is 4.79 Å². The van der Waals surface area contributed by atoms with Crippen LogP contribution in [0.25, 0.3) is 16.9 Å². The smallest absolute Gasteiger partial charge is 0.342 e. The zero-order valence-electron chi connectivity index (χ0n) is 21.7. The van der Waals surface area contributed by atoms with E-state index in [0.717, 1.165) is 27.9 Å². The first-order valence-electron chi connectivity index (χ1n) is 12.8. The second-order valence-corrected chi connectivity index (χ2v) is 9.33. The lowest BCUT2D eigenvalue weighted by Crippen LogP contribution is -2.34. The van der Waals surface area contributed by atoms with E-state index in [1.165, 1.54) is 0 Å². The Labute approximate surface area is 228 Å². The van der Waals surface area contributed by atoms with Gasteiger partial charge in [0.1, 0.15) is 11.3 Å². The Morgan fingerprint density at radius 2 is 1.28 bits per heavy atom. The van der Waals surface area contributed by atoms with Crippen molar-refractivity contribution in [2.24, 2.45) is 0 Å². The molecule has 4 aromatic carbocycles. The van der Waals surface area contributed by atoms with Gasteiger partial charge in [0.25, 0.3) is 5.91 Å². The Morgan fingerprint density at radius 3 is 1.85 bits per heavy atom. The fourth-order valence-electron chi connectivity index (χ4n) is 4.30. The topological polar surface area (TPSA) is 64.4 Å². The highest BCUT2D eigenvalue weighted by molar-refractivity contribution is 5.97. The number of hydrogen-bond donors (Lipinski definition) is 0. The lowest BCUT2D eigenvalue weighted by Gasteiger charge is -2.23. The Morgan fingerprint density at radius 1 is 0.744 bits per heavy atom. The molecule has 0 fully saturated rings. The van der Waals surface area contributed by atoms with Gasteiger partial charge < -0.3 is 9.64 Å². The summed E-state index contributed by atoms with van der Waals surface area (Å²) in [6.07, 6.45) is 1.66. The van der Waals surface area contributed by atoms with Crippen LogP contribution in [-0.4, -0.2) is 33.2 Å². The zero-order valence-corrected chi connectivity index (χ0v) is 21.7. The number of nitrogens with zero attached hydrogens (tertiary/aromatic N) is 3. The van der Waals surface area contributed by atoms with Crippen LogP contribution < -0.4 is 0 Å². The SMILES string of the molecule is Cc1ccc(-c2nn(-c3ccccc3)cc2C(=O)OCC(=O)N(Cc2ccccc2)Cc2ccccc2)cc1. The first-order chi connectivity index (χ1) is 19.1. The van der Waals surface area contributed by atoms with Gasteiger partial charge in [-0.25, -0.2) is 9.48 Å². The molecule has 0 N–H and O–H groups in total. The van der Waals surface area contributed by atoms with Crippen molar-refractivity contribution in [2.45, 2.75) is 20.0 Å². The second-order valence-electron chi connectivity index (χ2n) is 9.33. The van der Waals surface area contributed by atoms with Crippen molar-refractivity contribution in [1.29, 1.82) is 0 Å². The van der Waals surface area contributed by atoms with Crippen molar-refractivity contribution in [2.75, 3.05) is 6.61 Å². The highest BCUT2D eigenvalue weighted by Gasteiger charge is 2.23. The molecule has 0 unspecified atom stereocenters. The van der Waals surface area contributed by atoms with E-state index in [1.807, 2.05) is 122 Å². The lowest BCUT2D eigenvalue weighted by atomic mass is 10.1. The third-order valence-electron chi connectivity index (χ3n) is 6.39. The quantitative estimate of drug-likeness (QED) is 0.218. The van der Waals surface area contributed by atoms with E-state index in [1.54, 1.807) is 15.8 Å². The monoisotopic (exact) mass is 515 g/mol. The highest BCUT2D eigenvalue weighted by Crippen LogP contribution is 2.25. The molecular formula is C33H29N3O3. The number of rotatable bonds is 9. The van der Waals surface area contributed by atoms with Crippen molar-refractivity contribution in [3.8, 4) is 16.9 Å². The maximum atomic E-state index is 13.3.